The van der Waals surface area contributed by atoms with Gasteiger partial charge < -0.3 is 10.6 Å². The highest BCUT2D eigenvalue weighted by Crippen LogP contribution is 2.54. The van der Waals surface area contributed by atoms with E-state index in [1.165, 1.54) is 24.3 Å². The van der Waals surface area contributed by atoms with Crippen LogP contribution in [0.25, 0.3) is 21.5 Å². The predicted molar refractivity (Wildman–Crippen MR) is 117 cm³/mol. The van der Waals surface area contributed by atoms with Crippen LogP contribution in [0.4, 0.5) is 37.7 Å². The topological polar surface area (TPSA) is 119 Å². The summed E-state index contributed by atoms with van der Waals surface area (Å²) in [6, 6.07) is 6.06. The van der Waals surface area contributed by atoms with E-state index in [1.54, 1.807) is 0 Å². The average molecular weight is 528 g/mol. The second-order valence-corrected chi connectivity index (χ2v) is 9.14. The van der Waals surface area contributed by atoms with Crippen molar-refractivity contribution in [1.29, 1.82) is 21.0 Å². The average Bonchev–Trinajstić information content (AvgIpc) is 3.50. The number of anilines is 2. The molecule has 3 aromatic carbocycles. The number of hydrogen-bond donors (Lipinski definition) is 2. The number of thioether (sulfide) groups is 2. The lowest BCUT2D eigenvalue weighted by Gasteiger charge is -2.15. The Balaban J connectivity index is 1.96. The molecule has 2 aliphatic rings. The number of nitrogens with one attached hydrogen (secondary N) is 2. The molecule has 14 heteroatoms. The summed E-state index contributed by atoms with van der Waals surface area (Å²) in [6.45, 7) is 0. The van der Waals surface area contributed by atoms with E-state index in [-0.39, 0.29) is 10.1 Å². The van der Waals surface area contributed by atoms with Gasteiger partial charge in [-0.05, 0) is 0 Å². The lowest BCUT2D eigenvalue weighted by atomic mass is 9.97. The Hall–Kier alpha value is -4.50. The molecule has 0 bridgehead atoms. The van der Waals surface area contributed by atoms with Gasteiger partial charge in [0.2, 0.25) is 0 Å². The third-order valence-corrected chi connectivity index (χ3v) is 7.56. The van der Waals surface area contributed by atoms with Gasteiger partial charge in [-0.1, -0.05) is 23.5 Å². The van der Waals surface area contributed by atoms with Crippen molar-refractivity contribution in [3.63, 3.8) is 0 Å². The van der Waals surface area contributed by atoms with Gasteiger partial charge in [-0.2, -0.15) is 21.0 Å². The van der Waals surface area contributed by atoms with Crippen molar-refractivity contribution in [3.05, 3.63) is 56.1 Å². The summed E-state index contributed by atoms with van der Waals surface area (Å²) < 4.78 is 91.9. The monoisotopic (exact) mass is 528 g/mol. The minimum Gasteiger partial charge on any atom is -0.345 e. The standard InChI is InChI=1S/C22H2F6N6S2/c23-11-8-7-9(14(26)17-20(15(7)27)36-22(33-17)6(3-31)4-32)12(24)13(25)10(8)19-18(16(11)28)34-21(35-19)5(1-29)2-30/h33-34H. The zero-order chi connectivity index (χ0) is 26.0. The minimum atomic E-state index is -1.91. The van der Waals surface area contributed by atoms with E-state index in [4.69, 9.17) is 21.0 Å². The lowest BCUT2D eigenvalue weighted by Crippen LogP contribution is -2.04. The molecule has 2 heterocycles. The van der Waals surface area contributed by atoms with E-state index in [9.17, 15) is 0 Å². The molecule has 0 radical (unpaired) electrons. The Morgan fingerprint density at radius 2 is 0.917 bits per heavy atom. The second-order valence-electron chi connectivity index (χ2n) is 7.10. The second kappa shape index (κ2) is 8.03. The highest BCUT2D eigenvalue weighted by atomic mass is 32.2. The molecule has 0 spiro atoms. The summed E-state index contributed by atoms with van der Waals surface area (Å²) in [7, 11) is 0. The lowest BCUT2D eigenvalue weighted by molar-refractivity contribution is 0.507. The van der Waals surface area contributed by atoms with Gasteiger partial charge in [0.15, 0.2) is 40.2 Å². The van der Waals surface area contributed by atoms with Crippen molar-refractivity contribution < 1.29 is 26.3 Å². The number of nitrogens with zero attached hydrogens (tertiary/aromatic N) is 4. The zero-order valence-electron chi connectivity index (χ0n) is 16.9. The number of hydrogen-bond acceptors (Lipinski definition) is 8. The summed E-state index contributed by atoms with van der Waals surface area (Å²) in [5.41, 5.74) is -2.54. The molecular weight excluding hydrogens is 526 g/mol. The number of fused-ring (bicyclic) bond motifs is 6. The summed E-state index contributed by atoms with van der Waals surface area (Å²) >= 11 is 0.812. The van der Waals surface area contributed by atoms with Gasteiger partial charge in [-0.15, -0.1) is 0 Å². The molecule has 36 heavy (non-hydrogen) atoms. The van der Waals surface area contributed by atoms with Crippen LogP contribution in [0.2, 0.25) is 0 Å². The first-order valence-electron chi connectivity index (χ1n) is 9.34. The summed E-state index contributed by atoms with van der Waals surface area (Å²) in [6.07, 6.45) is 0. The third kappa shape index (κ3) is 2.86. The van der Waals surface area contributed by atoms with E-state index >= 15 is 26.3 Å². The molecule has 0 atom stereocenters. The van der Waals surface area contributed by atoms with Gasteiger partial charge >= 0.3 is 0 Å². The van der Waals surface area contributed by atoms with Gasteiger partial charge in [-0.25, -0.2) is 26.3 Å². The van der Waals surface area contributed by atoms with Gasteiger partial charge in [-0.3, -0.25) is 0 Å². The number of halogens is 6. The molecule has 0 saturated carbocycles. The van der Waals surface area contributed by atoms with Crippen molar-refractivity contribution in [2.24, 2.45) is 0 Å². The van der Waals surface area contributed by atoms with Gasteiger partial charge in [0.1, 0.15) is 40.2 Å². The fraction of sp³-hybridized carbons (Fsp3) is 0. The number of nitriles is 4. The predicted octanol–water partition coefficient (Wildman–Crippen LogP) is 6.38. The van der Waals surface area contributed by atoms with Crippen LogP contribution in [0.15, 0.2) is 31.0 Å². The first kappa shape index (κ1) is 23.3. The van der Waals surface area contributed by atoms with Gasteiger partial charge in [0, 0.05) is 16.2 Å². The van der Waals surface area contributed by atoms with E-state index in [2.05, 4.69) is 10.6 Å². The smallest absolute Gasteiger partial charge is 0.184 e. The molecule has 3 aromatic rings. The fourth-order valence-electron chi connectivity index (χ4n) is 3.82. The van der Waals surface area contributed by atoms with Crippen LogP contribution in [0.3, 0.4) is 0 Å². The Kier molecular flexibility index (Phi) is 5.19. The zero-order valence-corrected chi connectivity index (χ0v) is 18.5. The van der Waals surface area contributed by atoms with Gasteiger partial charge in [0.05, 0.1) is 26.6 Å². The quantitative estimate of drug-likeness (QED) is 0.196. The third-order valence-electron chi connectivity index (χ3n) is 5.34. The minimum absolute atomic E-state index is 0.295. The molecule has 174 valence electrons. The van der Waals surface area contributed by atoms with E-state index < -0.39 is 88.8 Å². The van der Waals surface area contributed by atoms with Crippen LogP contribution >= 0.6 is 23.5 Å². The number of allylic oxidation sites excluding steroid dienone is 2. The first-order chi connectivity index (χ1) is 17.2. The molecule has 0 aliphatic carbocycles. The fourth-order valence-corrected chi connectivity index (χ4v) is 5.89. The summed E-state index contributed by atoms with van der Waals surface area (Å²) in [4.78, 5) is -1.07. The highest BCUT2D eigenvalue weighted by molar-refractivity contribution is 8.04. The summed E-state index contributed by atoms with van der Waals surface area (Å²) in [5, 5.41) is 35.7. The Morgan fingerprint density at radius 3 is 1.44 bits per heavy atom. The van der Waals surface area contributed by atoms with Crippen LogP contribution in [-0.4, -0.2) is 0 Å². The molecule has 0 unspecified atom stereocenters. The van der Waals surface area contributed by atoms with Crippen LogP contribution in [0, 0.1) is 80.2 Å². The largest absolute Gasteiger partial charge is 0.345 e. The maximum atomic E-state index is 15.7. The summed E-state index contributed by atoms with van der Waals surface area (Å²) in [5.74, 6) is -10.2. The molecule has 0 amide bonds. The van der Waals surface area contributed by atoms with Crippen LogP contribution < -0.4 is 10.6 Å². The molecular formula is C22H2F6N6S2. The van der Waals surface area contributed by atoms with E-state index in [1.807, 2.05) is 0 Å². The molecule has 6 nitrogen and oxygen atoms in total. The van der Waals surface area contributed by atoms with Crippen LogP contribution in [0.5, 0.6) is 0 Å². The van der Waals surface area contributed by atoms with Crippen molar-refractivity contribution in [1.82, 2.24) is 0 Å². The van der Waals surface area contributed by atoms with Crippen molar-refractivity contribution in [3.8, 4) is 24.3 Å². The molecule has 0 fully saturated rings. The SMILES string of the molecule is N#CC(C#N)=C1Nc2c(c(F)c3c(c2F)c(F)c(F)c2c4c(c(F)c(F)c23)NC(=C(C#N)C#N)S4)S1. The molecule has 0 saturated heterocycles. The molecule has 2 N–H and O–H groups in total. The van der Waals surface area contributed by atoms with Crippen molar-refractivity contribution >= 4 is 56.4 Å². The maximum Gasteiger partial charge on any atom is 0.184 e. The van der Waals surface area contributed by atoms with Crippen molar-refractivity contribution in [2.75, 3.05) is 10.6 Å². The van der Waals surface area contributed by atoms with Gasteiger partial charge in [0.25, 0.3) is 0 Å². The van der Waals surface area contributed by atoms with Crippen molar-refractivity contribution in [2.45, 2.75) is 9.79 Å². The molecule has 2 aliphatic heterocycles. The maximum absolute atomic E-state index is 15.7. The van der Waals surface area contributed by atoms with E-state index in [0.717, 1.165) is 0 Å². The Morgan fingerprint density at radius 1 is 0.500 bits per heavy atom. The highest BCUT2D eigenvalue weighted by Gasteiger charge is 2.37. The number of rotatable bonds is 0. The number of benzene rings is 3. The van der Waals surface area contributed by atoms with Crippen LogP contribution in [-0.2, 0) is 0 Å². The van der Waals surface area contributed by atoms with E-state index in [0.29, 0.717) is 23.5 Å². The Labute approximate surface area is 204 Å². The Bertz CT molecular complexity index is 1820. The molecule has 5 rings (SSSR count). The van der Waals surface area contributed by atoms with Crippen LogP contribution in [0.1, 0.15) is 0 Å². The first-order valence-corrected chi connectivity index (χ1v) is 11.0. The normalized spacial score (nSPS) is 13.3. The molecule has 0 aromatic heterocycles.